The summed E-state index contributed by atoms with van der Waals surface area (Å²) in [5, 5.41) is 3.36. The molecule has 2 aromatic carbocycles. The van der Waals surface area contributed by atoms with E-state index >= 15 is 0 Å². The molecular weight excluding hydrogens is 414 g/mol. The van der Waals surface area contributed by atoms with E-state index in [1.807, 2.05) is 0 Å². The minimum atomic E-state index is -3.31. The van der Waals surface area contributed by atoms with Crippen molar-refractivity contribution in [2.45, 2.75) is 11.3 Å². The van der Waals surface area contributed by atoms with Gasteiger partial charge in [0.15, 0.2) is 9.84 Å². The first kappa shape index (κ1) is 21.1. The van der Waals surface area contributed by atoms with Crippen LogP contribution in [0.1, 0.15) is 16.8 Å². The third-order valence-electron chi connectivity index (χ3n) is 4.68. The number of carbonyl (C=O) groups is 2. The molecule has 1 fully saturated rings. The topological polar surface area (TPSA) is 86.8 Å². The number of benzene rings is 2. The third kappa shape index (κ3) is 5.48. The molecule has 3 rings (SSSR count). The summed E-state index contributed by atoms with van der Waals surface area (Å²) in [6, 6.07) is 12.6. The highest BCUT2D eigenvalue weighted by atomic mass is 35.5. The predicted molar refractivity (Wildman–Crippen MR) is 112 cm³/mol. The fourth-order valence-corrected chi connectivity index (χ4v) is 3.94. The van der Waals surface area contributed by atoms with Crippen molar-refractivity contribution in [3.8, 4) is 0 Å². The molecular formula is C20H22ClN3O4S. The van der Waals surface area contributed by atoms with Gasteiger partial charge in [-0.3, -0.25) is 4.79 Å². The lowest BCUT2D eigenvalue weighted by Gasteiger charge is -2.22. The van der Waals surface area contributed by atoms with Gasteiger partial charge in [0.1, 0.15) is 0 Å². The normalized spacial score (nSPS) is 15.0. The van der Waals surface area contributed by atoms with Crippen LogP contribution in [0, 0.1) is 0 Å². The van der Waals surface area contributed by atoms with Gasteiger partial charge in [-0.15, -0.1) is 0 Å². The first-order chi connectivity index (χ1) is 13.7. The highest BCUT2D eigenvalue weighted by Crippen LogP contribution is 2.17. The summed E-state index contributed by atoms with van der Waals surface area (Å²) in [4.78, 5) is 28.8. The fourth-order valence-electron chi connectivity index (χ4n) is 3.12. The summed E-state index contributed by atoms with van der Waals surface area (Å²) in [6.07, 6.45) is 1.78. The van der Waals surface area contributed by atoms with Gasteiger partial charge >= 0.3 is 6.03 Å². The maximum atomic E-state index is 12.8. The SMILES string of the molecule is CS(=O)(=O)c1ccc(C(=O)N2CCCN(C(=O)Nc3cccc(Cl)c3)CC2)cc1. The first-order valence-electron chi connectivity index (χ1n) is 9.15. The molecule has 0 atom stereocenters. The summed E-state index contributed by atoms with van der Waals surface area (Å²) < 4.78 is 23.1. The summed E-state index contributed by atoms with van der Waals surface area (Å²) in [6.45, 7) is 1.85. The van der Waals surface area contributed by atoms with Gasteiger partial charge in [0, 0.05) is 48.7 Å². The number of hydrogen-bond donors (Lipinski definition) is 1. The number of nitrogens with one attached hydrogen (secondary N) is 1. The minimum absolute atomic E-state index is 0.175. The number of sulfone groups is 1. The number of anilines is 1. The van der Waals surface area contributed by atoms with E-state index in [1.54, 1.807) is 34.1 Å². The van der Waals surface area contributed by atoms with E-state index in [2.05, 4.69) is 5.32 Å². The zero-order chi connectivity index (χ0) is 21.0. The van der Waals surface area contributed by atoms with E-state index < -0.39 is 9.84 Å². The summed E-state index contributed by atoms with van der Waals surface area (Å²) in [7, 11) is -3.31. The van der Waals surface area contributed by atoms with Crippen molar-refractivity contribution in [2.24, 2.45) is 0 Å². The number of carbonyl (C=O) groups excluding carboxylic acids is 2. The Morgan fingerprint density at radius 3 is 2.28 bits per heavy atom. The summed E-state index contributed by atoms with van der Waals surface area (Å²) in [5.74, 6) is -0.179. The molecule has 0 unspecified atom stereocenters. The Hall–Kier alpha value is -2.58. The minimum Gasteiger partial charge on any atom is -0.337 e. The van der Waals surface area contributed by atoms with Crippen LogP contribution in [0.4, 0.5) is 10.5 Å². The maximum Gasteiger partial charge on any atom is 0.321 e. The van der Waals surface area contributed by atoms with E-state index in [1.165, 1.54) is 24.3 Å². The van der Waals surface area contributed by atoms with Crippen molar-refractivity contribution in [3.05, 3.63) is 59.1 Å². The van der Waals surface area contributed by atoms with Crippen LogP contribution in [0.5, 0.6) is 0 Å². The van der Waals surface area contributed by atoms with Crippen LogP contribution in [-0.4, -0.2) is 62.6 Å². The van der Waals surface area contributed by atoms with E-state index in [0.717, 1.165) is 6.26 Å². The Kier molecular flexibility index (Phi) is 6.44. The standard InChI is InChI=1S/C20H22ClN3O4S/c1-29(27,28)18-8-6-15(7-9-18)19(25)23-10-3-11-24(13-12-23)20(26)22-17-5-2-4-16(21)14-17/h2,4-9,14H,3,10-13H2,1H3,(H,22,26). The van der Waals surface area contributed by atoms with Crippen molar-refractivity contribution in [2.75, 3.05) is 37.8 Å². The average Bonchev–Trinajstić information content (AvgIpc) is 2.93. The molecule has 9 heteroatoms. The summed E-state index contributed by atoms with van der Waals surface area (Å²) in [5.41, 5.74) is 1.04. The van der Waals surface area contributed by atoms with Crippen molar-refractivity contribution < 1.29 is 18.0 Å². The molecule has 0 aromatic heterocycles. The third-order valence-corrected chi connectivity index (χ3v) is 6.04. The molecule has 2 aromatic rings. The molecule has 1 aliphatic heterocycles. The lowest BCUT2D eigenvalue weighted by Crippen LogP contribution is -2.39. The average molecular weight is 436 g/mol. The second kappa shape index (κ2) is 8.84. The molecule has 0 spiro atoms. The largest absolute Gasteiger partial charge is 0.337 e. The van der Waals surface area contributed by atoms with Gasteiger partial charge in [0.25, 0.3) is 5.91 Å². The van der Waals surface area contributed by atoms with Gasteiger partial charge in [-0.2, -0.15) is 0 Å². The zero-order valence-corrected chi connectivity index (χ0v) is 17.5. The van der Waals surface area contributed by atoms with Crippen molar-refractivity contribution in [1.82, 2.24) is 9.80 Å². The van der Waals surface area contributed by atoms with Gasteiger partial charge in [-0.1, -0.05) is 17.7 Å². The smallest absolute Gasteiger partial charge is 0.321 e. The predicted octanol–water partition coefficient (Wildman–Crippen LogP) is 3.12. The van der Waals surface area contributed by atoms with E-state index in [-0.39, 0.29) is 16.8 Å². The zero-order valence-electron chi connectivity index (χ0n) is 16.0. The molecule has 7 nitrogen and oxygen atoms in total. The molecule has 0 saturated carbocycles. The highest BCUT2D eigenvalue weighted by Gasteiger charge is 2.23. The van der Waals surface area contributed by atoms with Crippen LogP contribution in [0.2, 0.25) is 5.02 Å². The summed E-state index contributed by atoms with van der Waals surface area (Å²) >= 11 is 5.94. The molecule has 0 bridgehead atoms. The Balaban J connectivity index is 1.61. The van der Waals surface area contributed by atoms with Crippen LogP contribution in [0.3, 0.4) is 0 Å². The number of amides is 3. The number of halogens is 1. The van der Waals surface area contributed by atoms with Crippen LogP contribution >= 0.6 is 11.6 Å². The quantitative estimate of drug-likeness (QED) is 0.802. The van der Waals surface area contributed by atoms with Gasteiger partial charge < -0.3 is 15.1 Å². The molecule has 0 aliphatic carbocycles. The highest BCUT2D eigenvalue weighted by molar-refractivity contribution is 7.90. The Morgan fingerprint density at radius 1 is 0.966 bits per heavy atom. The molecule has 1 heterocycles. The molecule has 1 N–H and O–H groups in total. The Morgan fingerprint density at radius 2 is 1.62 bits per heavy atom. The Labute approximate surface area is 175 Å². The van der Waals surface area contributed by atoms with E-state index in [0.29, 0.717) is 48.9 Å². The van der Waals surface area contributed by atoms with E-state index in [4.69, 9.17) is 11.6 Å². The lowest BCUT2D eigenvalue weighted by atomic mass is 10.2. The van der Waals surface area contributed by atoms with Crippen LogP contribution in [0.15, 0.2) is 53.4 Å². The number of urea groups is 1. The number of rotatable bonds is 3. The van der Waals surface area contributed by atoms with Crippen molar-refractivity contribution in [1.29, 1.82) is 0 Å². The van der Waals surface area contributed by atoms with Crippen LogP contribution in [0.25, 0.3) is 0 Å². The van der Waals surface area contributed by atoms with Crippen LogP contribution in [-0.2, 0) is 9.84 Å². The maximum absolute atomic E-state index is 12.8. The van der Waals surface area contributed by atoms with Gasteiger partial charge in [0.05, 0.1) is 4.90 Å². The van der Waals surface area contributed by atoms with Crippen molar-refractivity contribution >= 4 is 39.1 Å². The van der Waals surface area contributed by atoms with Crippen molar-refractivity contribution in [3.63, 3.8) is 0 Å². The molecule has 1 aliphatic rings. The van der Waals surface area contributed by atoms with Gasteiger partial charge in [-0.25, -0.2) is 13.2 Å². The molecule has 0 radical (unpaired) electrons. The first-order valence-corrected chi connectivity index (χ1v) is 11.4. The van der Waals surface area contributed by atoms with E-state index in [9.17, 15) is 18.0 Å². The van der Waals surface area contributed by atoms with Gasteiger partial charge in [0.2, 0.25) is 0 Å². The number of nitrogens with zero attached hydrogens (tertiary/aromatic N) is 2. The molecule has 154 valence electrons. The second-order valence-corrected chi connectivity index (χ2v) is 9.32. The molecule has 3 amide bonds. The molecule has 29 heavy (non-hydrogen) atoms. The molecule has 1 saturated heterocycles. The Bertz CT molecular complexity index is 1010. The van der Waals surface area contributed by atoms with Gasteiger partial charge in [-0.05, 0) is 48.9 Å². The monoisotopic (exact) mass is 435 g/mol. The lowest BCUT2D eigenvalue weighted by molar-refractivity contribution is 0.0762. The number of hydrogen-bond acceptors (Lipinski definition) is 4. The van der Waals surface area contributed by atoms with Crippen LogP contribution < -0.4 is 5.32 Å². The fraction of sp³-hybridized carbons (Fsp3) is 0.300. The second-order valence-electron chi connectivity index (χ2n) is 6.87.